The number of hydrogen-bond acceptors (Lipinski definition) is 3. The highest BCUT2D eigenvalue weighted by atomic mass is 16.5. The van der Waals surface area contributed by atoms with Crippen molar-refractivity contribution in [3.63, 3.8) is 0 Å². The lowest BCUT2D eigenvalue weighted by molar-refractivity contribution is 0.132. The number of likely N-dealkylation sites (N-methyl/N-ethyl adjacent to an activating group) is 1. The molecule has 1 heterocycles. The maximum Gasteiger partial charge on any atom is 0.119 e. The quantitative estimate of drug-likeness (QED) is 0.419. The summed E-state index contributed by atoms with van der Waals surface area (Å²) in [5, 5.41) is 0. The largest absolute Gasteiger partial charge is 0.494 e. The molecule has 0 saturated carbocycles. The maximum atomic E-state index is 6.00. The second kappa shape index (κ2) is 13.2. The van der Waals surface area contributed by atoms with Gasteiger partial charge in [0.25, 0.3) is 0 Å². The molecule has 0 aliphatic carbocycles. The summed E-state index contributed by atoms with van der Waals surface area (Å²) in [4.78, 5) is 5.09. The molecule has 0 unspecified atom stereocenters. The Morgan fingerprint density at radius 3 is 2.26 bits per heavy atom. The lowest BCUT2D eigenvalue weighted by Gasteiger charge is -2.34. The van der Waals surface area contributed by atoms with Crippen molar-refractivity contribution >= 4 is 0 Å². The van der Waals surface area contributed by atoms with Crippen LogP contribution >= 0.6 is 0 Å². The predicted molar refractivity (Wildman–Crippen MR) is 116 cm³/mol. The van der Waals surface area contributed by atoms with Gasteiger partial charge in [0.05, 0.1) is 6.61 Å². The van der Waals surface area contributed by atoms with Gasteiger partial charge in [0.2, 0.25) is 0 Å². The summed E-state index contributed by atoms with van der Waals surface area (Å²) in [6.45, 7) is 14.7. The van der Waals surface area contributed by atoms with Gasteiger partial charge in [-0.05, 0) is 36.6 Å². The van der Waals surface area contributed by atoms with E-state index in [1.54, 1.807) is 0 Å². The minimum absolute atomic E-state index is 0.852. The monoisotopic (exact) mass is 374 g/mol. The first-order valence-corrected chi connectivity index (χ1v) is 11.3. The van der Waals surface area contributed by atoms with Crippen molar-refractivity contribution in [3.05, 3.63) is 29.8 Å². The van der Waals surface area contributed by atoms with E-state index in [2.05, 4.69) is 54.8 Å². The average molecular weight is 375 g/mol. The fourth-order valence-corrected chi connectivity index (χ4v) is 3.81. The zero-order valence-electron chi connectivity index (χ0n) is 18.1. The number of nitrogens with zero attached hydrogens (tertiary/aromatic N) is 2. The molecule has 0 amide bonds. The van der Waals surface area contributed by atoms with Crippen LogP contribution in [0.1, 0.15) is 71.3 Å². The zero-order chi connectivity index (χ0) is 19.3. The molecule has 0 N–H and O–H groups in total. The van der Waals surface area contributed by atoms with Gasteiger partial charge >= 0.3 is 0 Å². The number of hydrogen-bond donors (Lipinski definition) is 0. The maximum absolute atomic E-state index is 6.00. The Bertz CT molecular complexity index is 495. The molecule has 1 aliphatic heterocycles. The normalized spacial score (nSPS) is 16.1. The highest BCUT2D eigenvalue weighted by molar-refractivity contribution is 5.28. The van der Waals surface area contributed by atoms with Gasteiger partial charge in [-0.15, -0.1) is 0 Å². The van der Waals surface area contributed by atoms with Crippen LogP contribution in [0.4, 0.5) is 0 Å². The van der Waals surface area contributed by atoms with Gasteiger partial charge in [0.15, 0.2) is 0 Å². The number of ether oxygens (including phenoxy) is 1. The highest BCUT2D eigenvalue weighted by Crippen LogP contribution is 2.17. The summed E-state index contributed by atoms with van der Waals surface area (Å²) in [7, 11) is 0. The van der Waals surface area contributed by atoms with Crippen molar-refractivity contribution in [1.82, 2.24) is 9.80 Å². The molecule has 154 valence electrons. The van der Waals surface area contributed by atoms with E-state index in [0.717, 1.165) is 24.8 Å². The van der Waals surface area contributed by atoms with Crippen LogP contribution < -0.4 is 4.74 Å². The van der Waals surface area contributed by atoms with Gasteiger partial charge in [0, 0.05) is 32.7 Å². The van der Waals surface area contributed by atoms with Crippen LogP contribution in [0.25, 0.3) is 0 Å². The van der Waals surface area contributed by atoms with Crippen molar-refractivity contribution in [2.24, 2.45) is 5.92 Å². The third-order valence-electron chi connectivity index (χ3n) is 5.66. The molecule has 0 bridgehead atoms. The predicted octanol–water partition coefficient (Wildman–Crippen LogP) is 5.59. The van der Waals surface area contributed by atoms with Crippen molar-refractivity contribution in [2.45, 2.75) is 72.3 Å². The number of unbranched alkanes of at least 4 members (excludes halogenated alkanes) is 5. The molecule has 1 aromatic carbocycles. The minimum Gasteiger partial charge on any atom is -0.494 e. The lowest BCUT2D eigenvalue weighted by atomic mass is 10.0. The molecule has 27 heavy (non-hydrogen) atoms. The van der Waals surface area contributed by atoms with Crippen LogP contribution in [0.2, 0.25) is 0 Å². The Labute approximate surface area is 168 Å². The second-order valence-corrected chi connectivity index (χ2v) is 8.51. The van der Waals surface area contributed by atoms with E-state index in [-0.39, 0.29) is 0 Å². The molecule has 0 aromatic heterocycles. The summed E-state index contributed by atoms with van der Waals surface area (Å²) in [5.74, 6) is 1.90. The first-order valence-electron chi connectivity index (χ1n) is 11.3. The van der Waals surface area contributed by atoms with Gasteiger partial charge in [-0.2, -0.15) is 0 Å². The highest BCUT2D eigenvalue weighted by Gasteiger charge is 2.15. The molecule has 1 aromatic rings. The molecule has 0 radical (unpaired) electrons. The van der Waals surface area contributed by atoms with Gasteiger partial charge in [-0.1, -0.05) is 71.4 Å². The third kappa shape index (κ3) is 9.62. The molecular weight excluding hydrogens is 332 g/mol. The summed E-state index contributed by atoms with van der Waals surface area (Å²) < 4.78 is 6.00. The summed E-state index contributed by atoms with van der Waals surface area (Å²) in [6, 6.07) is 8.71. The standard InChI is InChI=1S/C24H42N2O/c1-4-25-15-17-26(18-16-25)21-23-13-11-14-24(20-23)27-19-10-8-6-5-7-9-12-22(2)3/h11,13-14,20,22H,4-10,12,15-19,21H2,1-3H3. The summed E-state index contributed by atoms with van der Waals surface area (Å²) in [5.41, 5.74) is 1.38. The SMILES string of the molecule is CCN1CCN(Cc2cccc(OCCCCCCCCC(C)C)c2)CC1. The fourth-order valence-electron chi connectivity index (χ4n) is 3.81. The van der Waals surface area contributed by atoms with E-state index in [9.17, 15) is 0 Å². The Morgan fingerprint density at radius 2 is 1.56 bits per heavy atom. The van der Waals surface area contributed by atoms with Gasteiger partial charge in [-0.3, -0.25) is 4.90 Å². The molecule has 2 rings (SSSR count). The van der Waals surface area contributed by atoms with Crippen LogP contribution in [-0.4, -0.2) is 49.1 Å². The number of benzene rings is 1. The fraction of sp³-hybridized carbons (Fsp3) is 0.750. The Morgan fingerprint density at radius 1 is 0.889 bits per heavy atom. The van der Waals surface area contributed by atoms with Crippen LogP contribution in [0.5, 0.6) is 5.75 Å². The molecule has 0 spiro atoms. The Balaban J connectivity index is 1.56. The van der Waals surface area contributed by atoms with Crippen LogP contribution in [-0.2, 0) is 6.54 Å². The zero-order valence-corrected chi connectivity index (χ0v) is 18.1. The van der Waals surface area contributed by atoms with Gasteiger partial charge in [0.1, 0.15) is 5.75 Å². The van der Waals surface area contributed by atoms with E-state index >= 15 is 0 Å². The molecule has 3 heteroatoms. The average Bonchev–Trinajstić information content (AvgIpc) is 2.67. The number of rotatable bonds is 13. The van der Waals surface area contributed by atoms with Crippen molar-refractivity contribution in [1.29, 1.82) is 0 Å². The van der Waals surface area contributed by atoms with E-state index in [0.29, 0.717) is 0 Å². The smallest absolute Gasteiger partial charge is 0.119 e. The van der Waals surface area contributed by atoms with E-state index in [1.165, 1.54) is 83.2 Å². The van der Waals surface area contributed by atoms with Crippen molar-refractivity contribution in [2.75, 3.05) is 39.3 Å². The van der Waals surface area contributed by atoms with E-state index in [4.69, 9.17) is 4.74 Å². The van der Waals surface area contributed by atoms with Crippen molar-refractivity contribution in [3.8, 4) is 5.75 Å². The van der Waals surface area contributed by atoms with Crippen molar-refractivity contribution < 1.29 is 4.74 Å². The Kier molecular flexibility index (Phi) is 10.8. The third-order valence-corrected chi connectivity index (χ3v) is 5.66. The van der Waals surface area contributed by atoms with Gasteiger partial charge in [-0.25, -0.2) is 0 Å². The first-order chi connectivity index (χ1) is 13.2. The van der Waals surface area contributed by atoms with Crippen LogP contribution in [0.15, 0.2) is 24.3 Å². The molecule has 1 saturated heterocycles. The summed E-state index contributed by atoms with van der Waals surface area (Å²) in [6.07, 6.45) is 9.38. The van der Waals surface area contributed by atoms with Gasteiger partial charge < -0.3 is 9.64 Å². The molecule has 1 fully saturated rings. The topological polar surface area (TPSA) is 15.7 Å². The summed E-state index contributed by atoms with van der Waals surface area (Å²) >= 11 is 0. The molecule has 0 atom stereocenters. The molecule has 1 aliphatic rings. The van der Waals surface area contributed by atoms with E-state index in [1.807, 2.05) is 0 Å². The molecular formula is C24H42N2O. The van der Waals surface area contributed by atoms with Crippen LogP contribution in [0.3, 0.4) is 0 Å². The minimum atomic E-state index is 0.852. The van der Waals surface area contributed by atoms with Crippen LogP contribution in [0, 0.1) is 5.92 Å². The lowest BCUT2D eigenvalue weighted by Crippen LogP contribution is -2.45. The number of piperazine rings is 1. The molecule has 3 nitrogen and oxygen atoms in total. The second-order valence-electron chi connectivity index (χ2n) is 8.51. The Hall–Kier alpha value is -1.06. The first kappa shape index (κ1) is 22.2. The van der Waals surface area contributed by atoms with E-state index < -0.39 is 0 Å².